The first-order chi connectivity index (χ1) is 21.6. The van der Waals surface area contributed by atoms with Crippen LogP contribution in [0.15, 0.2) is 0 Å². The van der Waals surface area contributed by atoms with Crippen LogP contribution in [-0.4, -0.2) is 135 Å². The molecule has 0 aromatic heterocycles. The fourth-order valence-corrected chi connectivity index (χ4v) is 3.54. The number of carbonyl (C=O) groups excluding carboxylic acids is 5. The molecule has 45 heavy (non-hydrogen) atoms. The molecule has 1 heterocycles. The van der Waals surface area contributed by atoms with Gasteiger partial charge in [0.2, 0.25) is 11.8 Å². The van der Waals surface area contributed by atoms with Gasteiger partial charge in [0.1, 0.15) is 26.0 Å². The lowest BCUT2D eigenvalue weighted by Crippen LogP contribution is -2.39. The Hall–Kier alpha value is -3.09. The summed E-state index contributed by atoms with van der Waals surface area (Å²) in [5.41, 5.74) is 0. The van der Waals surface area contributed by atoms with Gasteiger partial charge in [0.05, 0.1) is 72.8 Å². The molecule has 262 valence electrons. The highest BCUT2D eigenvalue weighted by Gasteiger charge is 2.30. The van der Waals surface area contributed by atoms with E-state index in [1.165, 1.54) is 20.6 Å². The van der Waals surface area contributed by atoms with Crippen molar-refractivity contribution < 1.29 is 52.4 Å². The fourth-order valence-electron chi connectivity index (χ4n) is 3.54. The lowest BCUT2D eigenvalue weighted by molar-refractivity contribution is -0.144. The Balaban J connectivity index is -0.000000978. The van der Waals surface area contributed by atoms with Gasteiger partial charge in [-0.25, -0.2) is 0 Å². The van der Waals surface area contributed by atoms with Crippen LogP contribution in [0.25, 0.3) is 0 Å². The first kappa shape index (κ1) is 46.3. The highest BCUT2D eigenvalue weighted by atomic mass is 16.6. The Bertz CT molecular complexity index is 806. The second-order valence-electron chi connectivity index (χ2n) is 9.70. The van der Waals surface area contributed by atoms with E-state index in [-0.39, 0.29) is 55.2 Å². The number of terminal acetylenes is 1. The van der Waals surface area contributed by atoms with Crippen LogP contribution in [-0.2, 0) is 52.4 Å². The minimum atomic E-state index is -0.506. The molecule has 14 nitrogen and oxygen atoms in total. The maximum atomic E-state index is 12.2. The predicted molar refractivity (Wildman–Crippen MR) is 169 cm³/mol. The Morgan fingerprint density at radius 3 is 1.84 bits per heavy atom. The minimum Gasteiger partial charge on any atom is -0.468 e. The number of hydrogen-bond acceptors (Lipinski definition) is 12. The van der Waals surface area contributed by atoms with Gasteiger partial charge in [-0.1, -0.05) is 40.0 Å². The van der Waals surface area contributed by atoms with Crippen molar-refractivity contribution in [2.75, 3.05) is 93.8 Å². The van der Waals surface area contributed by atoms with E-state index in [1.54, 1.807) is 11.9 Å². The summed E-state index contributed by atoms with van der Waals surface area (Å²) >= 11 is 0. The van der Waals surface area contributed by atoms with Crippen molar-refractivity contribution in [2.24, 2.45) is 11.8 Å². The molecule has 0 aliphatic carbocycles. The highest BCUT2D eigenvalue weighted by molar-refractivity contribution is 5.85. The zero-order chi connectivity index (χ0) is 34.9. The van der Waals surface area contributed by atoms with Crippen LogP contribution in [0.5, 0.6) is 0 Å². The average Bonchev–Trinajstić information content (AvgIpc) is 3.54. The molecule has 1 rings (SSSR count). The van der Waals surface area contributed by atoms with Gasteiger partial charge in [-0.05, 0) is 19.4 Å². The standard InChI is InChI=1S/C20H32N2O8.C7H15NO2.C3H8.CH2O/c1-3-7-27-9-11-29-13-14-30-12-10-28-8-5-18(23)22-6-4-17(16-22)20(25)21-15-19(24)26-2;1-5(2)6(8-3)7(9)10-4;1-3-2;1-2/h1,17H,4-16H2,2H3,(H,21,25);5-6,8H,1-4H3;3H2,1-2H3;1H2. The van der Waals surface area contributed by atoms with E-state index < -0.39 is 5.97 Å². The third kappa shape index (κ3) is 27.0. The second-order valence-corrected chi connectivity index (χ2v) is 9.70. The first-order valence-electron chi connectivity index (χ1n) is 15.0. The summed E-state index contributed by atoms with van der Waals surface area (Å²) in [6.45, 7) is 14.1. The number of likely N-dealkylation sites (N-methyl/N-ethyl adjacent to an activating group) is 1. The summed E-state index contributed by atoms with van der Waals surface area (Å²) in [5.74, 6) is 1.34. The molecule has 2 N–H and O–H groups in total. The van der Waals surface area contributed by atoms with Crippen molar-refractivity contribution in [3.05, 3.63) is 0 Å². The number of methoxy groups -OCH3 is 2. The van der Waals surface area contributed by atoms with E-state index in [1.807, 2.05) is 20.6 Å². The summed E-state index contributed by atoms with van der Waals surface area (Å²) < 4.78 is 30.2. The normalized spacial score (nSPS) is 13.8. The molecule has 1 aliphatic heterocycles. The Kier molecular flexibility index (Phi) is 34.8. The minimum absolute atomic E-state index is 0.0559. The maximum Gasteiger partial charge on any atom is 0.325 e. The lowest BCUT2D eigenvalue weighted by Gasteiger charge is -2.16. The van der Waals surface area contributed by atoms with Crippen LogP contribution < -0.4 is 10.6 Å². The molecule has 1 saturated heterocycles. The van der Waals surface area contributed by atoms with E-state index in [2.05, 4.69) is 39.9 Å². The van der Waals surface area contributed by atoms with E-state index >= 15 is 0 Å². The molecule has 0 aromatic carbocycles. The summed E-state index contributed by atoms with van der Waals surface area (Å²) in [7, 11) is 4.41. The van der Waals surface area contributed by atoms with Gasteiger partial charge in [-0.3, -0.25) is 19.2 Å². The van der Waals surface area contributed by atoms with Gasteiger partial charge in [0.15, 0.2) is 0 Å². The van der Waals surface area contributed by atoms with Crippen molar-refractivity contribution >= 4 is 30.5 Å². The molecular formula is C31H57N3O11. The summed E-state index contributed by atoms with van der Waals surface area (Å²) in [4.78, 5) is 55.8. The summed E-state index contributed by atoms with van der Waals surface area (Å²) in [6.07, 6.45) is 7.12. The van der Waals surface area contributed by atoms with Crippen molar-refractivity contribution in [1.29, 1.82) is 0 Å². The smallest absolute Gasteiger partial charge is 0.325 e. The summed E-state index contributed by atoms with van der Waals surface area (Å²) in [6, 6.07) is -0.176. The zero-order valence-electron chi connectivity index (χ0n) is 28.4. The van der Waals surface area contributed by atoms with Crippen molar-refractivity contribution in [3.8, 4) is 12.3 Å². The second kappa shape index (κ2) is 33.8. The van der Waals surface area contributed by atoms with E-state index in [0.717, 1.165) is 0 Å². The summed E-state index contributed by atoms with van der Waals surface area (Å²) in [5, 5.41) is 5.40. The molecule has 2 atom stereocenters. The van der Waals surface area contributed by atoms with Crippen LogP contribution in [0.1, 0.15) is 47.0 Å². The molecule has 1 fully saturated rings. The molecule has 2 amide bonds. The van der Waals surface area contributed by atoms with Crippen molar-refractivity contribution in [3.63, 3.8) is 0 Å². The molecular weight excluding hydrogens is 590 g/mol. The predicted octanol–water partition coefficient (Wildman–Crippen LogP) is 0.849. The zero-order valence-corrected chi connectivity index (χ0v) is 28.4. The van der Waals surface area contributed by atoms with Crippen molar-refractivity contribution in [2.45, 2.75) is 53.0 Å². The number of nitrogens with one attached hydrogen (secondary N) is 2. The van der Waals surface area contributed by atoms with Crippen LogP contribution >= 0.6 is 0 Å². The number of nitrogens with zero attached hydrogens (tertiary/aromatic N) is 1. The molecule has 0 spiro atoms. The molecule has 0 saturated carbocycles. The Labute approximate surface area is 269 Å². The number of esters is 2. The molecule has 0 radical (unpaired) electrons. The van der Waals surface area contributed by atoms with E-state index in [9.17, 15) is 19.2 Å². The van der Waals surface area contributed by atoms with Crippen molar-refractivity contribution in [1.82, 2.24) is 15.5 Å². The first-order valence-corrected chi connectivity index (χ1v) is 15.0. The number of rotatable bonds is 19. The van der Waals surface area contributed by atoms with Gasteiger partial charge in [-0.2, -0.15) is 0 Å². The van der Waals surface area contributed by atoms with Gasteiger partial charge >= 0.3 is 11.9 Å². The van der Waals surface area contributed by atoms with Gasteiger partial charge in [0, 0.05) is 13.1 Å². The van der Waals surface area contributed by atoms with Crippen LogP contribution in [0.3, 0.4) is 0 Å². The Morgan fingerprint density at radius 2 is 1.42 bits per heavy atom. The number of carbonyl (C=O) groups is 5. The Morgan fingerprint density at radius 1 is 0.911 bits per heavy atom. The molecule has 0 aromatic rings. The van der Waals surface area contributed by atoms with E-state index in [0.29, 0.717) is 65.8 Å². The highest BCUT2D eigenvalue weighted by Crippen LogP contribution is 2.17. The number of amides is 2. The quantitative estimate of drug-likeness (QED) is 0.115. The van der Waals surface area contributed by atoms with Crippen LogP contribution in [0.4, 0.5) is 0 Å². The molecule has 2 unspecified atom stereocenters. The van der Waals surface area contributed by atoms with E-state index in [4.69, 9.17) is 30.2 Å². The molecule has 1 aliphatic rings. The van der Waals surface area contributed by atoms with Crippen LogP contribution in [0, 0.1) is 24.2 Å². The average molecular weight is 648 g/mol. The number of hydrogen-bond donors (Lipinski definition) is 2. The molecule has 14 heteroatoms. The third-order valence-corrected chi connectivity index (χ3v) is 5.74. The number of ether oxygens (including phenoxy) is 6. The molecule has 0 bridgehead atoms. The topological polar surface area (TPSA) is 168 Å². The van der Waals surface area contributed by atoms with Gasteiger partial charge in [-0.15, -0.1) is 6.42 Å². The lowest BCUT2D eigenvalue weighted by atomic mass is 10.1. The van der Waals surface area contributed by atoms with Gasteiger partial charge < -0.3 is 48.7 Å². The van der Waals surface area contributed by atoms with Crippen LogP contribution in [0.2, 0.25) is 0 Å². The maximum absolute atomic E-state index is 12.2. The monoisotopic (exact) mass is 647 g/mol. The SMILES string of the molecule is C#CCOCCOCCOCCOCCC(=O)N1CCC(C(=O)NCC(=O)OC)C1.C=O.CCC.CNC(C(=O)OC)C(C)C. The number of likely N-dealkylation sites (tertiary alicyclic amines) is 1. The van der Waals surface area contributed by atoms with Gasteiger partial charge in [0.25, 0.3) is 0 Å². The largest absolute Gasteiger partial charge is 0.468 e. The third-order valence-electron chi connectivity index (χ3n) is 5.74. The fraction of sp³-hybridized carbons (Fsp3) is 0.774.